The summed E-state index contributed by atoms with van der Waals surface area (Å²) in [7, 11) is 0. The van der Waals surface area contributed by atoms with Gasteiger partial charge < -0.3 is 10.2 Å². The zero-order valence-electron chi connectivity index (χ0n) is 9.43. The molecule has 3 heteroatoms. The van der Waals surface area contributed by atoms with Gasteiger partial charge in [-0.25, -0.2) is 0 Å². The SMILES string of the molecule is CCC(CC(O)CO)c1ccc(C#N)cc1. The van der Waals surface area contributed by atoms with Gasteiger partial charge in [0.15, 0.2) is 0 Å². The predicted octanol–water partition coefficient (Wildman–Crippen LogP) is 1.80. The van der Waals surface area contributed by atoms with Crippen LogP contribution in [0.2, 0.25) is 0 Å². The van der Waals surface area contributed by atoms with E-state index in [1.54, 1.807) is 12.1 Å². The van der Waals surface area contributed by atoms with Crippen molar-refractivity contribution in [1.82, 2.24) is 0 Å². The van der Waals surface area contributed by atoms with Crippen LogP contribution in [-0.2, 0) is 0 Å². The highest BCUT2D eigenvalue weighted by Crippen LogP contribution is 2.24. The molecular weight excluding hydrogens is 202 g/mol. The van der Waals surface area contributed by atoms with Crippen molar-refractivity contribution in [1.29, 1.82) is 5.26 Å². The lowest BCUT2D eigenvalue weighted by Gasteiger charge is -2.18. The summed E-state index contributed by atoms with van der Waals surface area (Å²) in [6, 6.07) is 9.46. The minimum atomic E-state index is -0.666. The molecule has 1 rings (SSSR count). The molecule has 1 aromatic carbocycles. The molecule has 0 saturated carbocycles. The number of aliphatic hydroxyl groups is 2. The number of aliphatic hydroxyl groups excluding tert-OH is 2. The van der Waals surface area contributed by atoms with Crippen LogP contribution in [0, 0.1) is 11.3 Å². The van der Waals surface area contributed by atoms with Crippen molar-refractivity contribution < 1.29 is 10.2 Å². The Kier molecular flexibility index (Phi) is 4.97. The zero-order valence-corrected chi connectivity index (χ0v) is 9.43. The van der Waals surface area contributed by atoms with E-state index >= 15 is 0 Å². The lowest BCUT2D eigenvalue weighted by atomic mass is 9.90. The van der Waals surface area contributed by atoms with E-state index in [2.05, 4.69) is 6.07 Å². The summed E-state index contributed by atoms with van der Waals surface area (Å²) in [4.78, 5) is 0. The lowest BCUT2D eigenvalue weighted by molar-refractivity contribution is 0.0817. The van der Waals surface area contributed by atoms with Crippen LogP contribution in [0.15, 0.2) is 24.3 Å². The number of hydrogen-bond acceptors (Lipinski definition) is 3. The number of nitrogens with zero attached hydrogens (tertiary/aromatic N) is 1. The quantitative estimate of drug-likeness (QED) is 0.793. The van der Waals surface area contributed by atoms with E-state index in [0.29, 0.717) is 12.0 Å². The average Bonchev–Trinajstić information content (AvgIpc) is 2.35. The van der Waals surface area contributed by atoms with Crippen LogP contribution < -0.4 is 0 Å². The van der Waals surface area contributed by atoms with Crippen molar-refractivity contribution in [3.63, 3.8) is 0 Å². The van der Waals surface area contributed by atoms with Crippen molar-refractivity contribution in [2.45, 2.75) is 31.8 Å². The molecule has 0 bridgehead atoms. The highest BCUT2D eigenvalue weighted by Gasteiger charge is 2.14. The second kappa shape index (κ2) is 6.26. The van der Waals surface area contributed by atoms with Gasteiger partial charge in [0.2, 0.25) is 0 Å². The van der Waals surface area contributed by atoms with Crippen molar-refractivity contribution in [2.75, 3.05) is 6.61 Å². The third-order valence-electron chi connectivity index (χ3n) is 2.77. The number of rotatable bonds is 5. The van der Waals surface area contributed by atoms with E-state index in [9.17, 15) is 5.11 Å². The summed E-state index contributed by atoms with van der Waals surface area (Å²) in [5.74, 6) is 0.231. The summed E-state index contributed by atoms with van der Waals surface area (Å²) in [6.07, 6.45) is 0.794. The van der Waals surface area contributed by atoms with E-state index in [-0.39, 0.29) is 12.5 Å². The van der Waals surface area contributed by atoms with Gasteiger partial charge in [-0.15, -0.1) is 0 Å². The number of nitriles is 1. The Hall–Kier alpha value is -1.37. The van der Waals surface area contributed by atoms with E-state index in [1.165, 1.54) is 0 Å². The molecule has 0 spiro atoms. The molecular formula is C13H17NO2. The molecule has 0 aliphatic rings. The first-order valence-corrected chi connectivity index (χ1v) is 5.50. The molecule has 1 aromatic rings. The first-order valence-electron chi connectivity index (χ1n) is 5.50. The third kappa shape index (κ3) is 3.34. The van der Waals surface area contributed by atoms with Crippen LogP contribution in [0.25, 0.3) is 0 Å². The molecule has 2 unspecified atom stereocenters. The Labute approximate surface area is 96.0 Å². The highest BCUT2D eigenvalue weighted by molar-refractivity contribution is 5.33. The Balaban J connectivity index is 2.75. The van der Waals surface area contributed by atoms with Crippen molar-refractivity contribution in [3.05, 3.63) is 35.4 Å². The molecule has 0 aliphatic heterocycles. The summed E-state index contributed by atoms with van der Waals surface area (Å²) in [5.41, 5.74) is 1.75. The standard InChI is InChI=1S/C13H17NO2/c1-2-11(7-13(16)9-15)12-5-3-10(8-14)4-6-12/h3-6,11,13,15-16H,2,7,9H2,1H3. The minimum absolute atomic E-state index is 0.202. The average molecular weight is 219 g/mol. The lowest BCUT2D eigenvalue weighted by Crippen LogP contribution is -2.16. The molecule has 0 heterocycles. The fraction of sp³-hybridized carbons (Fsp3) is 0.462. The Morgan fingerprint density at radius 3 is 2.38 bits per heavy atom. The van der Waals surface area contributed by atoms with Crippen molar-refractivity contribution >= 4 is 0 Å². The van der Waals surface area contributed by atoms with Gasteiger partial charge in [-0.3, -0.25) is 0 Å². The van der Waals surface area contributed by atoms with E-state index in [4.69, 9.17) is 10.4 Å². The van der Waals surface area contributed by atoms with Gasteiger partial charge in [-0.1, -0.05) is 19.1 Å². The van der Waals surface area contributed by atoms with Crippen molar-refractivity contribution in [2.24, 2.45) is 0 Å². The summed E-state index contributed by atoms with van der Waals surface area (Å²) < 4.78 is 0. The monoisotopic (exact) mass is 219 g/mol. The second-order valence-electron chi connectivity index (χ2n) is 3.91. The van der Waals surface area contributed by atoms with Gasteiger partial charge in [0.1, 0.15) is 0 Å². The Morgan fingerprint density at radius 2 is 1.94 bits per heavy atom. The molecule has 2 atom stereocenters. The van der Waals surface area contributed by atoms with Gasteiger partial charge in [0, 0.05) is 0 Å². The molecule has 16 heavy (non-hydrogen) atoms. The summed E-state index contributed by atoms with van der Waals surface area (Å²) in [5, 5.41) is 26.9. The summed E-state index contributed by atoms with van der Waals surface area (Å²) >= 11 is 0. The molecule has 0 amide bonds. The van der Waals surface area contributed by atoms with Crippen LogP contribution in [0.5, 0.6) is 0 Å². The topological polar surface area (TPSA) is 64.2 Å². The fourth-order valence-electron chi connectivity index (χ4n) is 1.77. The number of hydrogen-bond donors (Lipinski definition) is 2. The highest BCUT2D eigenvalue weighted by atomic mass is 16.3. The normalized spacial score (nSPS) is 14.1. The third-order valence-corrected chi connectivity index (χ3v) is 2.77. The zero-order chi connectivity index (χ0) is 12.0. The van der Waals surface area contributed by atoms with Gasteiger partial charge >= 0.3 is 0 Å². The van der Waals surface area contributed by atoms with E-state index in [1.807, 2.05) is 19.1 Å². The van der Waals surface area contributed by atoms with E-state index < -0.39 is 6.10 Å². The molecule has 0 aromatic heterocycles. The first-order chi connectivity index (χ1) is 7.71. The molecule has 3 nitrogen and oxygen atoms in total. The molecule has 0 aliphatic carbocycles. The van der Waals surface area contributed by atoms with Gasteiger partial charge in [0.25, 0.3) is 0 Å². The molecule has 0 radical (unpaired) electrons. The number of benzene rings is 1. The molecule has 0 fully saturated rings. The maximum absolute atomic E-state index is 9.42. The fourth-order valence-corrected chi connectivity index (χ4v) is 1.77. The maximum atomic E-state index is 9.42. The largest absolute Gasteiger partial charge is 0.394 e. The van der Waals surface area contributed by atoms with Crippen LogP contribution in [0.4, 0.5) is 0 Å². The molecule has 86 valence electrons. The smallest absolute Gasteiger partial charge is 0.0991 e. The second-order valence-corrected chi connectivity index (χ2v) is 3.91. The Bertz CT molecular complexity index is 353. The van der Waals surface area contributed by atoms with Crippen LogP contribution in [0.1, 0.15) is 36.8 Å². The minimum Gasteiger partial charge on any atom is -0.394 e. The molecule has 2 N–H and O–H groups in total. The van der Waals surface area contributed by atoms with Gasteiger partial charge in [0.05, 0.1) is 24.3 Å². The molecule has 0 saturated heterocycles. The summed E-state index contributed by atoms with van der Waals surface area (Å²) in [6.45, 7) is 1.85. The first kappa shape index (κ1) is 12.7. The van der Waals surface area contributed by atoms with Crippen LogP contribution >= 0.6 is 0 Å². The van der Waals surface area contributed by atoms with Crippen molar-refractivity contribution in [3.8, 4) is 6.07 Å². The van der Waals surface area contributed by atoms with Gasteiger partial charge in [-0.2, -0.15) is 5.26 Å². The Morgan fingerprint density at radius 1 is 1.31 bits per heavy atom. The van der Waals surface area contributed by atoms with Crippen LogP contribution in [0.3, 0.4) is 0 Å². The predicted molar refractivity (Wildman–Crippen MR) is 61.9 cm³/mol. The van der Waals surface area contributed by atoms with Crippen LogP contribution in [-0.4, -0.2) is 22.9 Å². The maximum Gasteiger partial charge on any atom is 0.0991 e. The van der Waals surface area contributed by atoms with E-state index in [0.717, 1.165) is 12.0 Å². The van der Waals surface area contributed by atoms with Gasteiger partial charge in [-0.05, 0) is 36.5 Å².